The number of benzene rings is 1. The first-order chi connectivity index (χ1) is 12.9. The third-order valence-electron chi connectivity index (χ3n) is 5.43. The molecule has 6 heteroatoms. The van der Waals surface area contributed by atoms with E-state index in [1.165, 1.54) is 0 Å². The quantitative estimate of drug-likeness (QED) is 0.629. The SMILES string of the molecule is CCC(C)NC(=O)c1ccc(NC(=O)CC2(C(=O)O)CCCCCC2)cc1. The lowest BCUT2D eigenvalue weighted by Crippen LogP contribution is -2.35. The van der Waals surface area contributed by atoms with Gasteiger partial charge in [0.15, 0.2) is 0 Å². The molecule has 0 bridgehead atoms. The first kappa shape index (κ1) is 20.9. The van der Waals surface area contributed by atoms with Gasteiger partial charge in [0.25, 0.3) is 5.91 Å². The Balaban J connectivity index is 1.98. The fraction of sp³-hybridized carbons (Fsp3) is 0.571. The number of carbonyl (C=O) groups excluding carboxylic acids is 2. The molecule has 2 amide bonds. The number of carboxylic acids is 1. The van der Waals surface area contributed by atoms with Gasteiger partial charge in [-0.15, -0.1) is 0 Å². The monoisotopic (exact) mass is 374 g/mol. The van der Waals surface area contributed by atoms with Crippen LogP contribution in [0.1, 0.15) is 75.6 Å². The maximum Gasteiger partial charge on any atom is 0.310 e. The van der Waals surface area contributed by atoms with Crippen LogP contribution in [-0.2, 0) is 9.59 Å². The Morgan fingerprint density at radius 3 is 2.19 bits per heavy atom. The normalized spacial score (nSPS) is 17.4. The summed E-state index contributed by atoms with van der Waals surface area (Å²) in [5.74, 6) is -1.32. The number of rotatable bonds is 7. The molecule has 1 aromatic rings. The van der Waals surface area contributed by atoms with Crippen LogP contribution in [0, 0.1) is 5.41 Å². The van der Waals surface area contributed by atoms with Crippen molar-refractivity contribution in [3.63, 3.8) is 0 Å². The first-order valence-electron chi connectivity index (χ1n) is 9.80. The van der Waals surface area contributed by atoms with Crippen LogP contribution in [0.5, 0.6) is 0 Å². The van der Waals surface area contributed by atoms with E-state index in [9.17, 15) is 19.5 Å². The summed E-state index contributed by atoms with van der Waals surface area (Å²) in [5, 5.41) is 15.4. The van der Waals surface area contributed by atoms with Crippen molar-refractivity contribution in [2.45, 2.75) is 71.3 Å². The van der Waals surface area contributed by atoms with E-state index in [1.807, 2.05) is 13.8 Å². The number of hydrogen-bond acceptors (Lipinski definition) is 3. The predicted octanol–water partition coefficient (Wildman–Crippen LogP) is 3.97. The summed E-state index contributed by atoms with van der Waals surface area (Å²) in [6.07, 6.45) is 5.67. The van der Waals surface area contributed by atoms with Crippen LogP contribution in [0.2, 0.25) is 0 Å². The Labute approximate surface area is 160 Å². The molecule has 1 aliphatic carbocycles. The molecule has 0 heterocycles. The van der Waals surface area contributed by atoms with Crippen LogP contribution >= 0.6 is 0 Å². The number of nitrogens with one attached hydrogen (secondary N) is 2. The molecule has 148 valence electrons. The summed E-state index contributed by atoms with van der Waals surface area (Å²) in [4.78, 5) is 36.4. The molecular weight excluding hydrogens is 344 g/mol. The van der Waals surface area contributed by atoms with E-state index in [0.717, 1.165) is 32.1 Å². The van der Waals surface area contributed by atoms with Gasteiger partial charge in [-0.1, -0.05) is 32.6 Å². The third-order valence-corrected chi connectivity index (χ3v) is 5.43. The molecular formula is C21H30N2O4. The number of anilines is 1. The number of carboxylic acid groups (broad SMARTS) is 1. The zero-order valence-corrected chi connectivity index (χ0v) is 16.2. The minimum Gasteiger partial charge on any atom is -0.481 e. The van der Waals surface area contributed by atoms with Crippen LogP contribution < -0.4 is 10.6 Å². The first-order valence-corrected chi connectivity index (χ1v) is 9.80. The molecule has 1 saturated carbocycles. The van der Waals surface area contributed by atoms with Gasteiger partial charge in [0, 0.05) is 23.7 Å². The zero-order chi connectivity index (χ0) is 19.9. The molecule has 1 atom stereocenters. The molecule has 1 fully saturated rings. The predicted molar refractivity (Wildman–Crippen MR) is 105 cm³/mol. The topological polar surface area (TPSA) is 95.5 Å². The van der Waals surface area contributed by atoms with Crippen LogP contribution in [0.4, 0.5) is 5.69 Å². The second kappa shape index (κ2) is 9.53. The van der Waals surface area contributed by atoms with Crippen LogP contribution in [0.25, 0.3) is 0 Å². The Bertz CT molecular complexity index is 661. The summed E-state index contributed by atoms with van der Waals surface area (Å²) in [6, 6.07) is 6.76. The number of amides is 2. The minimum atomic E-state index is -0.962. The van der Waals surface area contributed by atoms with Gasteiger partial charge in [-0.2, -0.15) is 0 Å². The Kier molecular flexibility index (Phi) is 7.39. The summed E-state index contributed by atoms with van der Waals surface area (Å²) in [6.45, 7) is 3.94. The molecule has 0 radical (unpaired) electrons. The van der Waals surface area contributed by atoms with Crippen molar-refractivity contribution in [2.24, 2.45) is 5.41 Å². The largest absolute Gasteiger partial charge is 0.481 e. The smallest absolute Gasteiger partial charge is 0.310 e. The molecule has 3 N–H and O–H groups in total. The van der Waals surface area contributed by atoms with Gasteiger partial charge in [0.2, 0.25) is 5.91 Å². The highest BCUT2D eigenvalue weighted by molar-refractivity contribution is 5.97. The van der Waals surface area contributed by atoms with Crippen LogP contribution in [0.15, 0.2) is 24.3 Å². The van der Waals surface area contributed by atoms with E-state index in [-0.39, 0.29) is 24.3 Å². The van der Waals surface area contributed by atoms with E-state index in [0.29, 0.717) is 24.1 Å². The van der Waals surface area contributed by atoms with Gasteiger partial charge in [0.1, 0.15) is 0 Å². The zero-order valence-electron chi connectivity index (χ0n) is 16.2. The molecule has 27 heavy (non-hydrogen) atoms. The average molecular weight is 374 g/mol. The van der Waals surface area contributed by atoms with E-state index >= 15 is 0 Å². The van der Waals surface area contributed by atoms with Gasteiger partial charge in [-0.25, -0.2) is 0 Å². The summed E-state index contributed by atoms with van der Waals surface area (Å²) < 4.78 is 0. The summed E-state index contributed by atoms with van der Waals surface area (Å²) >= 11 is 0. The molecule has 0 aliphatic heterocycles. The van der Waals surface area contributed by atoms with E-state index in [1.54, 1.807) is 24.3 Å². The van der Waals surface area contributed by atoms with Gasteiger partial charge in [0.05, 0.1) is 5.41 Å². The van der Waals surface area contributed by atoms with Gasteiger partial charge < -0.3 is 15.7 Å². The second-order valence-electron chi connectivity index (χ2n) is 7.58. The van der Waals surface area contributed by atoms with Crippen LogP contribution in [-0.4, -0.2) is 28.9 Å². The molecule has 1 unspecified atom stereocenters. The number of aliphatic carboxylic acids is 1. The van der Waals surface area contributed by atoms with E-state index in [2.05, 4.69) is 10.6 Å². The molecule has 6 nitrogen and oxygen atoms in total. The second-order valence-corrected chi connectivity index (χ2v) is 7.58. The Morgan fingerprint density at radius 1 is 1.07 bits per heavy atom. The number of hydrogen-bond donors (Lipinski definition) is 3. The highest BCUT2D eigenvalue weighted by atomic mass is 16.4. The van der Waals surface area contributed by atoms with Crippen molar-refractivity contribution in [3.05, 3.63) is 29.8 Å². The molecule has 0 aromatic heterocycles. The lowest BCUT2D eigenvalue weighted by molar-refractivity contribution is -0.152. The van der Waals surface area contributed by atoms with Gasteiger partial charge in [-0.05, 0) is 50.5 Å². The fourth-order valence-corrected chi connectivity index (χ4v) is 3.50. The van der Waals surface area contributed by atoms with Crippen molar-refractivity contribution in [2.75, 3.05) is 5.32 Å². The van der Waals surface area contributed by atoms with Crippen molar-refractivity contribution in [1.82, 2.24) is 5.32 Å². The molecule has 0 saturated heterocycles. The molecule has 1 aromatic carbocycles. The lowest BCUT2D eigenvalue weighted by atomic mass is 9.77. The summed E-state index contributed by atoms with van der Waals surface area (Å²) in [5.41, 5.74) is 0.129. The van der Waals surface area contributed by atoms with Crippen LogP contribution in [0.3, 0.4) is 0 Å². The molecule has 1 aliphatic rings. The lowest BCUT2D eigenvalue weighted by Gasteiger charge is -2.27. The molecule has 2 rings (SSSR count). The van der Waals surface area contributed by atoms with E-state index in [4.69, 9.17) is 0 Å². The standard InChI is InChI=1S/C21H30N2O4/c1-3-15(2)22-19(25)16-8-10-17(11-9-16)23-18(24)14-21(20(26)27)12-6-4-5-7-13-21/h8-11,15H,3-7,12-14H2,1-2H3,(H,22,25)(H,23,24)(H,26,27). The minimum absolute atomic E-state index is 0.0153. The average Bonchev–Trinajstić information content (AvgIpc) is 2.88. The number of carbonyl (C=O) groups is 3. The fourth-order valence-electron chi connectivity index (χ4n) is 3.50. The molecule has 0 spiro atoms. The third kappa shape index (κ3) is 5.81. The van der Waals surface area contributed by atoms with Crippen molar-refractivity contribution in [1.29, 1.82) is 0 Å². The summed E-state index contributed by atoms with van der Waals surface area (Å²) in [7, 11) is 0. The Morgan fingerprint density at radius 2 is 1.67 bits per heavy atom. The van der Waals surface area contributed by atoms with Crippen molar-refractivity contribution in [3.8, 4) is 0 Å². The van der Waals surface area contributed by atoms with Gasteiger partial charge >= 0.3 is 5.97 Å². The van der Waals surface area contributed by atoms with E-state index < -0.39 is 11.4 Å². The maximum absolute atomic E-state index is 12.5. The van der Waals surface area contributed by atoms with Crippen molar-refractivity contribution < 1.29 is 19.5 Å². The maximum atomic E-state index is 12.5. The highest BCUT2D eigenvalue weighted by Crippen LogP contribution is 2.38. The van der Waals surface area contributed by atoms with Gasteiger partial charge in [-0.3, -0.25) is 14.4 Å². The highest BCUT2D eigenvalue weighted by Gasteiger charge is 2.40. The Hall–Kier alpha value is -2.37. The van der Waals surface area contributed by atoms with Crippen molar-refractivity contribution >= 4 is 23.5 Å².